The van der Waals surface area contributed by atoms with Crippen LogP contribution in [0.1, 0.15) is 44.0 Å². The van der Waals surface area contributed by atoms with Crippen molar-refractivity contribution < 1.29 is 0 Å². The molecular weight excluding hydrogens is 174 g/mol. The van der Waals surface area contributed by atoms with E-state index < -0.39 is 0 Å². The Kier molecular flexibility index (Phi) is 4.36. The number of aryl methyl sites for hydroxylation is 2. The van der Waals surface area contributed by atoms with Crippen LogP contribution in [-0.4, -0.2) is 9.97 Å². The maximum atomic E-state index is 5.79. The number of hydrogen-bond acceptors (Lipinski definition) is 3. The molecule has 3 heteroatoms. The molecule has 0 bridgehead atoms. The van der Waals surface area contributed by atoms with Gasteiger partial charge in [0, 0.05) is 11.8 Å². The van der Waals surface area contributed by atoms with E-state index in [2.05, 4.69) is 16.9 Å². The summed E-state index contributed by atoms with van der Waals surface area (Å²) in [7, 11) is 0. The van der Waals surface area contributed by atoms with Gasteiger partial charge in [0.2, 0.25) is 0 Å². The summed E-state index contributed by atoms with van der Waals surface area (Å²) in [5.74, 6) is 1.40. The van der Waals surface area contributed by atoms with Crippen LogP contribution < -0.4 is 5.73 Å². The number of hydrogen-bond donors (Lipinski definition) is 1. The molecule has 0 aliphatic carbocycles. The first-order chi connectivity index (χ1) is 6.74. The topological polar surface area (TPSA) is 51.8 Å². The zero-order chi connectivity index (χ0) is 10.4. The molecule has 0 aliphatic heterocycles. The molecule has 0 aromatic carbocycles. The Hall–Kier alpha value is -1.12. The van der Waals surface area contributed by atoms with Gasteiger partial charge in [-0.25, -0.2) is 9.97 Å². The largest absolute Gasteiger partial charge is 0.383 e. The molecular formula is C11H19N3. The fraction of sp³-hybridized carbons (Fsp3) is 0.636. The Balaban J connectivity index is 2.42. The lowest BCUT2D eigenvalue weighted by Gasteiger charge is -2.04. The number of rotatable bonds is 5. The molecule has 0 aliphatic rings. The van der Waals surface area contributed by atoms with Crippen molar-refractivity contribution in [3.8, 4) is 0 Å². The normalized spacial score (nSPS) is 10.4. The molecule has 3 nitrogen and oxygen atoms in total. The van der Waals surface area contributed by atoms with Gasteiger partial charge in [0.15, 0.2) is 0 Å². The number of nitrogen functional groups attached to an aromatic ring is 1. The van der Waals surface area contributed by atoms with Crippen molar-refractivity contribution in [1.82, 2.24) is 9.97 Å². The minimum absolute atomic E-state index is 0.647. The van der Waals surface area contributed by atoms with Crippen molar-refractivity contribution in [3.63, 3.8) is 0 Å². The molecule has 78 valence electrons. The predicted molar refractivity (Wildman–Crippen MR) is 59.0 cm³/mol. The van der Waals surface area contributed by atoms with Gasteiger partial charge in [-0.05, 0) is 19.8 Å². The summed E-state index contributed by atoms with van der Waals surface area (Å²) in [5, 5.41) is 0. The van der Waals surface area contributed by atoms with E-state index in [-0.39, 0.29) is 0 Å². The van der Waals surface area contributed by atoms with Gasteiger partial charge in [-0.1, -0.05) is 26.2 Å². The van der Waals surface area contributed by atoms with Gasteiger partial charge in [-0.3, -0.25) is 0 Å². The second kappa shape index (κ2) is 5.58. The molecule has 0 spiro atoms. The van der Waals surface area contributed by atoms with E-state index in [1.54, 1.807) is 0 Å². The fourth-order valence-electron chi connectivity index (χ4n) is 1.45. The number of unbranched alkanes of at least 4 members (excludes halogenated alkanes) is 3. The number of nitrogens with two attached hydrogens (primary N) is 1. The summed E-state index contributed by atoms with van der Waals surface area (Å²) in [5.41, 5.74) is 6.87. The first kappa shape index (κ1) is 11.0. The van der Waals surface area contributed by atoms with Gasteiger partial charge in [0.05, 0.1) is 0 Å². The SMILES string of the molecule is CCCCCCc1cnc(C)nc1N. The van der Waals surface area contributed by atoms with E-state index in [4.69, 9.17) is 5.73 Å². The summed E-state index contributed by atoms with van der Waals surface area (Å²) in [4.78, 5) is 8.29. The third kappa shape index (κ3) is 3.32. The van der Waals surface area contributed by atoms with Crippen LogP contribution in [0.5, 0.6) is 0 Å². The van der Waals surface area contributed by atoms with E-state index in [9.17, 15) is 0 Å². The standard InChI is InChI=1S/C11H19N3/c1-3-4-5-6-7-10-8-13-9(2)14-11(10)12/h8H,3-7H2,1-2H3,(H2,12,13,14). The summed E-state index contributed by atoms with van der Waals surface area (Å²) >= 11 is 0. The van der Waals surface area contributed by atoms with Crippen molar-refractivity contribution in [2.24, 2.45) is 0 Å². The van der Waals surface area contributed by atoms with Crippen molar-refractivity contribution in [1.29, 1.82) is 0 Å². The van der Waals surface area contributed by atoms with E-state index in [1.807, 2.05) is 13.1 Å². The van der Waals surface area contributed by atoms with Crippen LogP contribution in [0, 0.1) is 6.92 Å². The first-order valence-electron chi connectivity index (χ1n) is 5.32. The second-order valence-electron chi connectivity index (χ2n) is 3.64. The third-order valence-electron chi connectivity index (χ3n) is 2.32. The zero-order valence-corrected chi connectivity index (χ0v) is 9.08. The highest BCUT2D eigenvalue weighted by Gasteiger charge is 2.01. The number of nitrogens with zero attached hydrogens (tertiary/aromatic N) is 2. The van der Waals surface area contributed by atoms with Crippen molar-refractivity contribution >= 4 is 5.82 Å². The van der Waals surface area contributed by atoms with Gasteiger partial charge in [-0.15, -0.1) is 0 Å². The van der Waals surface area contributed by atoms with Crippen LogP contribution >= 0.6 is 0 Å². The molecule has 1 aromatic heterocycles. The Morgan fingerprint density at radius 1 is 1.29 bits per heavy atom. The van der Waals surface area contributed by atoms with E-state index in [0.717, 1.165) is 17.8 Å². The Labute approximate surface area is 85.8 Å². The lowest BCUT2D eigenvalue weighted by atomic mass is 10.1. The van der Waals surface area contributed by atoms with Gasteiger partial charge < -0.3 is 5.73 Å². The first-order valence-corrected chi connectivity index (χ1v) is 5.32. The highest BCUT2D eigenvalue weighted by molar-refractivity contribution is 5.37. The molecule has 14 heavy (non-hydrogen) atoms. The molecule has 1 heterocycles. The Morgan fingerprint density at radius 3 is 2.71 bits per heavy atom. The van der Waals surface area contributed by atoms with Crippen LogP contribution in [0.4, 0.5) is 5.82 Å². The molecule has 0 unspecified atom stereocenters. The van der Waals surface area contributed by atoms with Crippen LogP contribution in [0.2, 0.25) is 0 Å². The average Bonchev–Trinajstić information content (AvgIpc) is 2.15. The van der Waals surface area contributed by atoms with Crippen molar-refractivity contribution in [2.75, 3.05) is 5.73 Å². The van der Waals surface area contributed by atoms with Gasteiger partial charge in [-0.2, -0.15) is 0 Å². The third-order valence-corrected chi connectivity index (χ3v) is 2.32. The fourth-order valence-corrected chi connectivity index (χ4v) is 1.45. The van der Waals surface area contributed by atoms with Gasteiger partial charge in [0.1, 0.15) is 11.6 Å². The maximum Gasteiger partial charge on any atom is 0.130 e. The van der Waals surface area contributed by atoms with Crippen LogP contribution in [0.15, 0.2) is 6.20 Å². The summed E-state index contributed by atoms with van der Waals surface area (Å²) < 4.78 is 0. The number of aromatic nitrogens is 2. The van der Waals surface area contributed by atoms with Crippen molar-refractivity contribution in [3.05, 3.63) is 17.6 Å². The second-order valence-corrected chi connectivity index (χ2v) is 3.64. The van der Waals surface area contributed by atoms with E-state index >= 15 is 0 Å². The maximum absolute atomic E-state index is 5.79. The smallest absolute Gasteiger partial charge is 0.130 e. The summed E-state index contributed by atoms with van der Waals surface area (Å²) in [6.45, 7) is 4.07. The Bertz CT molecular complexity index is 284. The molecule has 0 saturated heterocycles. The Morgan fingerprint density at radius 2 is 2.07 bits per heavy atom. The number of anilines is 1. The van der Waals surface area contributed by atoms with Crippen LogP contribution in [0.3, 0.4) is 0 Å². The highest BCUT2D eigenvalue weighted by Crippen LogP contribution is 2.12. The van der Waals surface area contributed by atoms with Gasteiger partial charge in [0.25, 0.3) is 0 Å². The molecule has 0 fully saturated rings. The van der Waals surface area contributed by atoms with Crippen LogP contribution in [-0.2, 0) is 6.42 Å². The monoisotopic (exact) mass is 193 g/mol. The molecule has 0 amide bonds. The molecule has 0 atom stereocenters. The molecule has 1 aromatic rings. The minimum Gasteiger partial charge on any atom is -0.383 e. The average molecular weight is 193 g/mol. The molecule has 2 N–H and O–H groups in total. The quantitative estimate of drug-likeness (QED) is 0.731. The lowest BCUT2D eigenvalue weighted by molar-refractivity contribution is 0.665. The predicted octanol–water partition coefficient (Wildman–Crippen LogP) is 2.49. The van der Waals surface area contributed by atoms with Crippen LogP contribution in [0.25, 0.3) is 0 Å². The van der Waals surface area contributed by atoms with E-state index in [1.165, 1.54) is 25.7 Å². The molecule has 1 rings (SSSR count). The summed E-state index contributed by atoms with van der Waals surface area (Å²) in [6, 6.07) is 0. The molecule has 0 radical (unpaired) electrons. The van der Waals surface area contributed by atoms with Crippen molar-refractivity contribution in [2.45, 2.75) is 46.0 Å². The summed E-state index contributed by atoms with van der Waals surface area (Å²) in [6.07, 6.45) is 7.87. The zero-order valence-electron chi connectivity index (χ0n) is 9.08. The molecule has 0 saturated carbocycles. The van der Waals surface area contributed by atoms with E-state index in [0.29, 0.717) is 5.82 Å². The van der Waals surface area contributed by atoms with Gasteiger partial charge >= 0.3 is 0 Å². The highest BCUT2D eigenvalue weighted by atomic mass is 14.9. The lowest BCUT2D eigenvalue weighted by Crippen LogP contribution is -2.01. The minimum atomic E-state index is 0.647.